The summed E-state index contributed by atoms with van der Waals surface area (Å²) in [5.41, 5.74) is 0. The second-order valence-corrected chi connectivity index (χ2v) is 3.08. The van der Waals surface area contributed by atoms with E-state index in [1.807, 2.05) is 6.92 Å². The molecular weight excluding hydrogens is 172 g/mol. The maximum atomic E-state index is 5.36. The van der Waals surface area contributed by atoms with Gasteiger partial charge in [0.1, 0.15) is 24.9 Å². The molecule has 1 fully saturated rings. The van der Waals surface area contributed by atoms with Crippen LogP contribution in [0.1, 0.15) is 6.92 Å². The Kier molecular flexibility index (Phi) is 4.12. The van der Waals surface area contributed by atoms with Crippen molar-refractivity contribution in [2.45, 2.75) is 31.3 Å². The number of methoxy groups -OCH3 is 3. The van der Waals surface area contributed by atoms with Crippen molar-refractivity contribution in [1.82, 2.24) is 0 Å². The van der Waals surface area contributed by atoms with Gasteiger partial charge in [0.25, 0.3) is 0 Å². The van der Waals surface area contributed by atoms with E-state index in [9.17, 15) is 0 Å². The second-order valence-electron chi connectivity index (χ2n) is 3.08. The van der Waals surface area contributed by atoms with E-state index in [0.29, 0.717) is 0 Å². The fourth-order valence-electron chi connectivity index (χ4n) is 1.59. The number of rotatable bonds is 3. The molecule has 0 aromatic heterocycles. The normalized spacial score (nSPS) is 40.6. The molecule has 77 valence electrons. The van der Waals surface area contributed by atoms with Gasteiger partial charge < -0.3 is 18.9 Å². The largest absolute Gasteiger partial charge is 0.376 e. The van der Waals surface area contributed by atoms with Crippen LogP contribution in [0.25, 0.3) is 0 Å². The number of hydrogen-bond acceptors (Lipinski definition) is 4. The first-order valence-electron chi connectivity index (χ1n) is 4.31. The van der Waals surface area contributed by atoms with Crippen LogP contribution < -0.4 is 0 Å². The van der Waals surface area contributed by atoms with Gasteiger partial charge in [-0.3, -0.25) is 0 Å². The minimum atomic E-state index is -0.161. The Morgan fingerprint density at radius 3 is 2.08 bits per heavy atom. The summed E-state index contributed by atoms with van der Waals surface area (Å²) in [5.74, 6) is 0. The highest BCUT2D eigenvalue weighted by atomic mass is 16.6. The Hall–Kier alpha value is -0.160. The molecule has 4 heteroatoms. The SMILES string of the molecule is COC1[CH]OC(C)C(OC)C1OC. The first-order valence-corrected chi connectivity index (χ1v) is 4.31. The molecule has 0 bridgehead atoms. The summed E-state index contributed by atoms with van der Waals surface area (Å²) in [7, 11) is 4.92. The summed E-state index contributed by atoms with van der Waals surface area (Å²) in [5, 5.41) is 0. The lowest BCUT2D eigenvalue weighted by molar-refractivity contribution is -0.183. The van der Waals surface area contributed by atoms with E-state index in [1.54, 1.807) is 27.9 Å². The fourth-order valence-corrected chi connectivity index (χ4v) is 1.59. The molecule has 0 aliphatic carbocycles. The topological polar surface area (TPSA) is 36.9 Å². The number of hydrogen-bond donors (Lipinski definition) is 0. The molecule has 0 aromatic carbocycles. The summed E-state index contributed by atoms with van der Waals surface area (Å²) in [4.78, 5) is 0. The van der Waals surface area contributed by atoms with E-state index in [0.717, 1.165) is 0 Å². The quantitative estimate of drug-likeness (QED) is 0.652. The third-order valence-electron chi connectivity index (χ3n) is 2.35. The van der Waals surface area contributed by atoms with Crippen LogP contribution in [0, 0.1) is 6.61 Å². The molecule has 0 N–H and O–H groups in total. The van der Waals surface area contributed by atoms with Gasteiger partial charge in [0.15, 0.2) is 0 Å². The lowest BCUT2D eigenvalue weighted by Gasteiger charge is -2.38. The highest BCUT2D eigenvalue weighted by Gasteiger charge is 2.39. The van der Waals surface area contributed by atoms with E-state index in [-0.39, 0.29) is 24.4 Å². The molecular formula is C9H17O4. The van der Waals surface area contributed by atoms with Crippen molar-refractivity contribution in [3.8, 4) is 0 Å². The highest BCUT2D eigenvalue weighted by Crippen LogP contribution is 2.24. The third kappa shape index (κ3) is 2.20. The Balaban J connectivity index is 2.64. The zero-order valence-electron chi connectivity index (χ0n) is 8.52. The molecule has 0 amide bonds. The van der Waals surface area contributed by atoms with Gasteiger partial charge in [0.2, 0.25) is 0 Å². The van der Waals surface area contributed by atoms with Gasteiger partial charge in [0, 0.05) is 21.3 Å². The van der Waals surface area contributed by atoms with Crippen LogP contribution in [0.4, 0.5) is 0 Å². The first-order chi connectivity index (χ1) is 6.24. The van der Waals surface area contributed by atoms with Crippen LogP contribution >= 0.6 is 0 Å². The van der Waals surface area contributed by atoms with Gasteiger partial charge >= 0.3 is 0 Å². The maximum Gasteiger partial charge on any atom is 0.116 e. The van der Waals surface area contributed by atoms with E-state index in [2.05, 4.69) is 0 Å². The number of ether oxygens (including phenoxy) is 4. The summed E-state index contributed by atoms with van der Waals surface area (Å²) < 4.78 is 21.1. The van der Waals surface area contributed by atoms with Crippen LogP contribution in [0.3, 0.4) is 0 Å². The zero-order valence-corrected chi connectivity index (χ0v) is 8.52. The predicted molar refractivity (Wildman–Crippen MR) is 47.2 cm³/mol. The lowest BCUT2D eigenvalue weighted by atomic mass is 10.0. The first kappa shape index (κ1) is 10.9. The summed E-state index contributed by atoms with van der Waals surface area (Å²) in [6, 6.07) is 0. The van der Waals surface area contributed by atoms with Crippen molar-refractivity contribution >= 4 is 0 Å². The predicted octanol–water partition coefficient (Wildman–Crippen LogP) is 0.612. The van der Waals surface area contributed by atoms with Gasteiger partial charge in [0.05, 0.1) is 6.10 Å². The lowest BCUT2D eigenvalue weighted by Crippen LogP contribution is -2.52. The molecule has 1 saturated heterocycles. The molecule has 1 aliphatic rings. The van der Waals surface area contributed by atoms with Crippen LogP contribution in [0.5, 0.6) is 0 Å². The fraction of sp³-hybridized carbons (Fsp3) is 0.889. The Labute approximate surface area is 79.1 Å². The molecule has 0 saturated carbocycles. The summed E-state index contributed by atoms with van der Waals surface area (Å²) >= 11 is 0. The van der Waals surface area contributed by atoms with Crippen molar-refractivity contribution in [3.05, 3.63) is 6.61 Å². The maximum absolute atomic E-state index is 5.36. The molecule has 4 unspecified atom stereocenters. The summed E-state index contributed by atoms with van der Waals surface area (Å²) in [6.45, 7) is 3.61. The molecule has 1 aliphatic heterocycles. The minimum Gasteiger partial charge on any atom is -0.376 e. The van der Waals surface area contributed by atoms with E-state index in [1.165, 1.54) is 0 Å². The monoisotopic (exact) mass is 189 g/mol. The average Bonchev–Trinajstić information content (AvgIpc) is 2.17. The van der Waals surface area contributed by atoms with Crippen molar-refractivity contribution in [1.29, 1.82) is 0 Å². The minimum absolute atomic E-state index is 0.00125. The highest BCUT2D eigenvalue weighted by molar-refractivity contribution is 4.92. The van der Waals surface area contributed by atoms with Crippen LogP contribution in [-0.2, 0) is 18.9 Å². The van der Waals surface area contributed by atoms with Crippen LogP contribution in [0.2, 0.25) is 0 Å². The van der Waals surface area contributed by atoms with Crippen molar-refractivity contribution in [2.75, 3.05) is 21.3 Å². The molecule has 1 heterocycles. The van der Waals surface area contributed by atoms with Crippen LogP contribution in [-0.4, -0.2) is 45.7 Å². The smallest absolute Gasteiger partial charge is 0.116 e. The molecule has 13 heavy (non-hydrogen) atoms. The van der Waals surface area contributed by atoms with Crippen molar-refractivity contribution < 1.29 is 18.9 Å². The molecule has 1 radical (unpaired) electrons. The molecule has 4 nitrogen and oxygen atoms in total. The average molecular weight is 189 g/mol. The van der Waals surface area contributed by atoms with E-state index < -0.39 is 0 Å². The van der Waals surface area contributed by atoms with Gasteiger partial charge in [-0.1, -0.05) is 0 Å². The second kappa shape index (κ2) is 4.91. The zero-order chi connectivity index (χ0) is 9.84. The Morgan fingerprint density at radius 2 is 1.62 bits per heavy atom. The van der Waals surface area contributed by atoms with Gasteiger partial charge in [-0.05, 0) is 6.92 Å². The third-order valence-corrected chi connectivity index (χ3v) is 2.35. The van der Waals surface area contributed by atoms with Crippen molar-refractivity contribution in [3.63, 3.8) is 0 Å². The molecule has 0 aromatic rings. The Morgan fingerprint density at radius 1 is 1.00 bits per heavy atom. The Bertz CT molecular complexity index is 151. The van der Waals surface area contributed by atoms with E-state index in [4.69, 9.17) is 18.9 Å². The standard InChI is InChI=1S/C9H17O4/c1-6-8(11-3)9(12-4)7(10-2)5-13-6/h5-9H,1-4H3. The van der Waals surface area contributed by atoms with E-state index >= 15 is 0 Å². The van der Waals surface area contributed by atoms with Gasteiger partial charge in [-0.2, -0.15) is 0 Å². The molecule has 4 atom stereocenters. The van der Waals surface area contributed by atoms with Gasteiger partial charge in [-0.25, -0.2) is 0 Å². The molecule has 1 rings (SSSR count). The van der Waals surface area contributed by atoms with Crippen molar-refractivity contribution in [2.24, 2.45) is 0 Å². The molecule has 0 spiro atoms. The summed E-state index contributed by atoms with van der Waals surface area (Å²) in [6.07, 6.45) is -0.341. The van der Waals surface area contributed by atoms with Crippen LogP contribution in [0.15, 0.2) is 0 Å². The van der Waals surface area contributed by atoms with Gasteiger partial charge in [-0.15, -0.1) is 0 Å².